The minimum atomic E-state index is 0.319. The van der Waals surface area contributed by atoms with E-state index in [1.165, 1.54) is 10.8 Å². The second-order valence-corrected chi connectivity index (χ2v) is 7.71. The van der Waals surface area contributed by atoms with Gasteiger partial charge in [0.25, 0.3) is 0 Å². The first-order chi connectivity index (χ1) is 14.2. The lowest BCUT2D eigenvalue weighted by Gasteiger charge is -2.33. The zero-order valence-electron chi connectivity index (χ0n) is 16.7. The Kier molecular flexibility index (Phi) is 4.46. The minimum absolute atomic E-state index is 0.319. The van der Waals surface area contributed by atoms with Gasteiger partial charge in [-0.2, -0.15) is 5.10 Å². The zero-order valence-corrected chi connectivity index (χ0v) is 16.7. The van der Waals surface area contributed by atoms with E-state index in [0.717, 1.165) is 49.1 Å². The molecule has 1 unspecified atom stereocenters. The van der Waals surface area contributed by atoms with E-state index >= 15 is 0 Å². The molecule has 0 bridgehead atoms. The first kappa shape index (κ1) is 17.8. The summed E-state index contributed by atoms with van der Waals surface area (Å²) in [6.45, 7) is 4.55. The summed E-state index contributed by atoms with van der Waals surface area (Å²) < 4.78 is 4.14. The molecule has 4 heterocycles. The summed E-state index contributed by atoms with van der Waals surface area (Å²) in [5.41, 5.74) is 0.968. The third-order valence-corrected chi connectivity index (χ3v) is 5.82. The maximum atomic E-state index is 4.56. The van der Waals surface area contributed by atoms with Crippen molar-refractivity contribution in [3.63, 3.8) is 0 Å². The maximum Gasteiger partial charge on any atom is 0.159 e. The van der Waals surface area contributed by atoms with Crippen LogP contribution >= 0.6 is 0 Å². The predicted molar refractivity (Wildman–Crippen MR) is 111 cm³/mol. The number of imidazole rings is 1. The molecular formula is C21H24N8. The van der Waals surface area contributed by atoms with Gasteiger partial charge < -0.3 is 14.0 Å². The summed E-state index contributed by atoms with van der Waals surface area (Å²) in [4.78, 5) is 6.46. The number of piperidine rings is 1. The van der Waals surface area contributed by atoms with Crippen molar-refractivity contribution in [2.24, 2.45) is 7.05 Å². The van der Waals surface area contributed by atoms with Crippen LogP contribution in [0.25, 0.3) is 10.8 Å². The topological polar surface area (TPSA) is 77.6 Å². The SMILES string of the molecule is Cc1nnc(N2CCCC(c3nnc(Cn4ccnc4)n3C)C2)c2ccccc12. The minimum Gasteiger partial charge on any atom is -0.354 e. The summed E-state index contributed by atoms with van der Waals surface area (Å²) in [7, 11) is 2.06. The van der Waals surface area contributed by atoms with E-state index in [0.29, 0.717) is 12.5 Å². The Morgan fingerprint density at radius 3 is 2.76 bits per heavy atom. The monoisotopic (exact) mass is 388 g/mol. The summed E-state index contributed by atoms with van der Waals surface area (Å²) in [5, 5.41) is 20.3. The van der Waals surface area contributed by atoms with Crippen molar-refractivity contribution >= 4 is 16.6 Å². The molecule has 0 N–H and O–H groups in total. The smallest absolute Gasteiger partial charge is 0.159 e. The van der Waals surface area contributed by atoms with E-state index in [4.69, 9.17) is 0 Å². The second kappa shape index (κ2) is 7.27. The Labute approximate surface area is 169 Å². The molecule has 3 aromatic heterocycles. The average Bonchev–Trinajstić information content (AvgIpc) is 3.39. The van der Waals surface area contributed by atoms with Gasteiger partial charge in [-0.3, -0.25) is 0 Å². The molecule has 1 atom stereocenters. The van der Waals surface area contributed by atoms with Crippen LogP contribution in [0.15, 0.2) is 43.0 Å². The van der Waals surface area contributed by atoms with Gasteiger partial charge in [-0.1, -0.05) is 24.3 Å². The van der Waals surface area contributed by atoms with Gasteiger partial charge in [-0.05, 0) is 19.8 Å². The van der Waals surface area contributed by atoms with Gasteiger partial charge in [0.15, 0.2) is 11.6 Å². The van der Waals surface area contributed by atoms with Crippen LogP contribution in [0.3, 0.4) is 0 Å². The summed E-state index contributed by atoms with van der Waals surface area (Å²) in [5.74, 6) is 3.27. The number of anilines is 1. The number of nitrogens with zero attached hydrogens (tertiary/aromatic N) is 8. The molecule has 1 aliphatic rings. The van der Waals surface area contributed by atoms with Crippen LogP contribution in [-0.4, -0.2) is 47.6 Å². The standard InChI is InChI=1S/C21H24N8/c1-15-17-7-3-4-8-18(17)21(26-23-15)29-10-5-6-16(12-29)20-25-24-19(27(20)2)13-28-11-9-22-14-28/h3-4,7-9,11,14,16H,5-6,10,12-13H2,1-2H3. The molecule has 5 rings (SSSR count). The summed E-state index contributed by atoms with van der Waals surface area (Å²) in [6.07, 6.45) is 7.72. The third-order valence-electron chi connectivity index (χ3n) is 5.82. The van der Waals surface area contributed by atoms with Crippen LogP contribution in [0.4, 0.5) is 5.82 Å². The van der Waals surface area contributed by atoms with Crippen LogP contribution in [0, 0.1) is 6.92 Å². The van der Waals surface area contributed by atoms with Gasteiger partial charge >= 0.3 is 0 Å². The largest absolute Gasteiger partial charge is 0.354 e. The molecule has 29 heavy (non-hydrogen) atoms. The Morgan fingerprint density at radius 1 is 1.07 bits per heavy atom. The zero-order chi connectivity index (χ0) is 19.8. The average molecular weight is 388 g/mol. The molecule has 8 nitrogen and oxygen atoms in total. The molecule has 0 aliphatic carbocycles. The normalized spacial score (nSPS) is 17.2. The molecule has 0 amide bonds. The maximum absolute atomic E-state index is 4.56. The van der Waals surface area contributed by atoms with Crippen molar-refractivity contribution in [3.05, 3.63) is 60.3 Å². The predicted octanol–water partition coefficient (Wildman–Crippen LogP) is 2.70. The van der Waals surface area contributed by atoms with E-state index < -0.39 is 0 Å². The van der Waals surface area contributed by atoms with Crippen LogP contribution < -0.4 is 4.90 Å². The first-order valence-corrected chi connectivity index (χ1v) is 10.0. The summed E-state index contributed by atoms with van der Waals surface area (Å²) >= 11 is 0. The van der Waals surface area contributed by atoms with Crippen molar-refractivity contribution in [2.75, 3.05) is 18.0 Å². The quantitative estimate of drug-likeness (QED) is 0.535. The molecule has 8 heteroatoms. The van der Waals surface area contributed by atoms with Gasteiger partial charge in [-0.15, -0.1) is 15.3 Å². The third kappa shape index (κ3) is 3.24. The Balaban J connectivity index is 1.42. The lowest BCUT2D eigenvalue weighted by molar-refractivity contribution is 0.475. The van der Waals surface area contributed by atoms with Gasteiger partial charge in [0, 0.05) is 49.2 Å². The van der Waals surface area contributed by atoms with Gasteiger partial charge in [0.1, 0.15) is 5.82 Å². The van der Waals surface area contributed by atoms with Crippen LogP contribution in [-0.2, 0) is 13.6 Å². The van der Waals surface area contributed by atoms with Crippen molar-refractivity contribution in [2.45, 2.75) is 32.2 Å². The van der Waals surface area contributed by atoms with Crippen molar-refractivity contribution in [3.8, 4) is 0 Å². The highest BCUT2D eigenvalue weighted by Gasteiger charge is 2.28. The number of benzene rings is 1. The van der Waals surface area contributed by atoms with Crippen molar-refractivity contribution < 1.29 is 0 Å². The molecule has 0 spiro atoms. The number of hydrogen-bond donors (Lipinski definition) is 0. The number of aryl methyl sites for hydroxylation is 1. The number of aromatic nitrogens is 7. The molecule has 0 radical (unpaired) electrons. The fourth-order valence-electron chi connectivity index (χ4n) is 4.25. The van der Waals surface area contributed by atoms with Crippen LogP contribution in [0.2, 0.25) is 0 Å². The molecule has 1 saturated heterocycles. The highest BCUT2D eigenvalue weighted by molar-refractivity contribution is 5.93. The molecule has 148 valence electrons. The Hall–Kier alpha value is -3.29. The Bertz CT molecular complexity index is 1130. The molecule has 4 aromatic rings. The van der Waals surface area contributed by atoms with Crippen LogP contribution in [0.1, 0.15) is 36.1 Å². The lowest BCUT2D eigenvalue weighted by Crippen LogP contribution is -2.36. The van der Waals surface area contributed by atoms with Crippen molar-refractivity contribution in [1.82, 2.24) is 34.5 Å². The molecule has 1 fully saturated rings. The fourth-order valence-corrected chi connectivity index (χ4v) is 4.25. The van der Waals surface area contributed by atoms with E-state index in [2.05, 4.69) is 66.2 Å². The first-order valence-electron chi connectivity index (χ1n) is 10.0. The number of rotatable bonds is 4. The van der Waals surface area contributed by atoms with E-state index in [9.17, 15) is 0 Å². The van der Waals surface area contributed by atoms with Gasteiger partial charge in [0.05, 0.1) is 18.6 Å². The fraction of sp³-hybridized carbons (Fsp3) is 0.381. The van der Waals surface area contributed by atoms with Gasteiger partial charge in [-0.25, -0.2) is 4.98 Å². The molecular weight excluding hydrogens is 364 g/mol. The molecule has 1 aromatic carbocycles. The summed E-state index contributed by atoms with van der Waals surface area (Å²) in [6, 6.07) is 8.39. The van der Waals surface area contributed by atoms with E-state index in [-0.39, 0.29) is 0 Å². The van der Waals surface area contributed by atoms with Crippen molar-refractivity contribution in [1.29, 1.82) is 0 Å². The molecule has 0 saturated carbocycles. The number of fused-ring (bicyclic) bond motifs is 1. The van der Waals surface area contributed by atoms with E-state index in [1.807, 2.05) is 17.7 Å². The molecule has 1 aliphatic heterocycles. The van der Waals surface area contributed by atoms with Gasteiger partial charge in [0.2, 0.25) is 0 Å². The van der Waals surface area contributed by atoms with E-state index in [1.54, 1.807) is 12.5 Å². The second-order valence-electron chi connectivity index (χ2n) is 7.71. The highest BCUT2D eigenvalue weighted by Crippen LogP contribution is 2.32. The highest BCUT2D eigenvalue weighted by atomic mass is 15.3. The lowest BCUT2D eigenvalue weighted by atomic mass is 9.96. The Morgan fingerprint density at radius 2 is 1.93 bits per heavy atom. The number of hydrogen-bond acceptors (Lipinski definition) is 6. The van der Waals surface area contributed by atoms with Crippen LogP contribution in [0.5, 0.6) is 0 Å².